The lowest BCUT2D eigenvalue weighted by Gasteiger charge is -2.20. The van der Waals surface area contributed by atoms with Crippen LogP contribution in [0.25, 0.3) is 11.3 Å². The highest BCUT2D eigenvalue weighted by atomic mass is 32.1. The fourth-order valence-electron chi connectivity index (χ4n) is 1.85. The van der Waals surface area contributed by atoms with Crippen LogP contribution in [0, 0.1) is 23.2 Å². The van der Waals surface area contributed by atoms with Crippen molar-refractivity contribution in [2.45, 2.75) is 33.1 Å². The predicted molar refractivity (Wildman–Crippen MR) is 78.2 cm³/mol. The van der Waals surface area contributed by atoms with E-state index in [4.69, 9.17) is 12.2 Å². The van der Waals surface area contributed by atoms with Gasteiger partial charge in [0.2, 0.25) is 0 Å². The van der Waals surface area contributed by atoms with E-state index >= 15 is 0 Å². The second-order valence-corrected chi connectivity index (χ2v) is 6.15. The lowest BCUT2D eigenvalue weighted by Crippen LogP contribution is -2.17. The summed E-state index contributed by atoms with van der Waals surface area (Å²) in [5.74, 6) is -0.341. The molecule has 5 heteroatoms. The van der Waals surface area contributed by atoms with Crippen LogP contribution < -0.4 is 0 Å². The molecular weight excluding hydrogens is 278 g/mol. The van der Waals surface area contributed by atoms with E-state index in [2.05, 4.69) is 9.97 Å². The Morgan fingerprint density at radius 2 is 1.85 bits per heavy atom. The average Bonchev–Trinajstić information content (AvgIpc) is 2.34. The monoisotopic (exact) mass is 294 g/mol. The Labute approximate surface area is 121 Å². The molecule has 0 saturated heterocycles. The molecule has 0 saturated carbocycles. The normalized spacial score (nSPS) is 11.7. The number of nitrogens with one attached hydrogen (secondary N) is 1. The standard InChI is InChI=1S/C15H16F2N2S/c1-8-12(10-7-9(16)5-6-11(10)17)18-14(15(2,3)4)19-13(8)20/h5-7H,1-4H3,(H,18,19,20). The van der Waals surface area contributed by atoms with Crippen molar-refractivity contribution in [3.05, 3.63) is 45.9 Å². The largest absolute Gasteiger partial charge is 0.342 e. The second kappa shape index (κ2) is 5.05. The van der Waals surface area contributed by atoms with Crippen LogP contribution in [0.15, 0.2) is 18.2 Å². The van der Waals surface area contributed by atoms with Crippen molar-refractivity contribution in [1.29, 1.82) is 0 Å². The van der Waals surface area contributed by atoms with Crippen molar-refractivity contribution in [3.8, 4) is 11.3 Å². The molecule has 1 aromatic heterocycles. The minimum Gasteiger partial charge on any atom is -0.342 e. The maximum Gasteiger partial charge on any atom is 0.133 e. The van der Waals surface area contributed by atoms with E-state index < -0.39 is 11.6 Å². The van der Waals surface area contributed by atoms with E-state index in [1.165, 1.54) is 0 Å². The van der Waals surface area contributed by atoms with Gasteiger partial charge in [0.25, 0.3) is 0 Å². The van der Waals surface area contributed by atoms with Crippen molar-refractivity contribution < 1.29 is 8.78 Å². The molecular formula is C15H16F2N2S. The van der Waals surface area contributed by atoms with Gasteiger partial charge in [0.05, 0.1) is 5.69 Å². The van der Waals surface area contributed by atoms with Gasteiger partial charge in [-0.1, -0.05) is 33.0 Å². The third kappa shape index (κ3) is 2.77. The number of rotatable bonds is 1. The fourth-order valence-corrected chi connectivity index (χ4v) is 2.04. The van der Waals surface area contributed by atoms with Crippen LogP contribution >= 0.6 is 12.2 Å². The lowest BCUT2D eigenvalue weighted by atomic mass is 9.95. The maximum atomic E-state index is 14.0. The molecule has 0 bridgehead atoms. The molecule has 1 aromatic carbocycles. The summed E-state index contributed by atoms with van der Waals surface area (Å²) in [6, 6.07) is 3.36. The molecule has 0 aliphatic heterocycles. The summed E-state index contributed by atoms with van der Waals surface area (Å²) < 4.78 is 27.7. The Bertz CT molecular complexity index is 715. The zero-order valence-corrected chi connectivity index (χ0v) is 12.7. The lowest BCUT2D eigenvalue weighted by molar-refractivity contribution is 0.543. The molecule has 0 aliphatic rings. The Balaban J connectivity index is 2.77. The van der Waals surface area contributed by atoms with Gasteiger partial charge in [0.15, 0.2) is 0 Å². The molecule has 20 heavy (non-hydrogen) atoms. The highest BCUT2D eigenvalue weighted by Crippen LogP contribution is 2.28. The first-order valence-corrected chi connectivity index (χ1v) is 6.68. The zero-order valence-electron chi connectivity index (χ0n) is 11.8. The van der Waals surface area contributed by atoms with Crippen molar-refractivity contribution in [1.82, 2.24) is 9.97 Å². The van der Waals surface area contributed by atoms with Gasteiger partial charge in [-0.2, -0.15) is 0 Å². The van der Waals surface area contributed by atoms with Gasteiger partial charge in [-0.25, -0.2) is 13.8 Å². The van der Waals surface area contributed by atoms with E-state index in [-0.39, 0.29) is 11.0 Å². The van der Waals surface area contributed by atoms with E-state index in [0.29, 0.717) is 21.7 Å². The number of hydrogen-bond acceptors (Lipinski definition) is 2. The van der Waals surface area contributed by atoms with Crippen molar-refractivity contribution in [2.75, 3.05) is 0 Å². The Hall–Kier alpha value is -1.62. The van der Waals surface area contributed by atoms with Crippen molar-refractivity contribution >= 4 is 12.2 Å². The summed E-state index contributed by atoms with van der Waals surface area (Å²) >= 11 is 5.23. The van der Waals surface area contributed by atoms with Gasteiger partial charge < -0.3 is 4.98 Å². The number of benzene rings is 1. The zero-order chi connectivity index (χ0) is 15.1. The number of H-pyrrole nitrogens is 1. The third-order valence-corrected chi connectivity index (χ3v) is 3.46. The summed E-state index contributed by atoms with van der Waals surface area (Å²) in [7, 11) is 0. The summed E-state index contributed by atoms with van der Waals surface area (Å²) in [5, 5.41) is 0. The van der Waals surface area contributed by atoms with Crippen LogP contribution in [0.5, 0.6) is 0 Å². The SMILES string of the molecule is Cc1c(-c2cc(F)ccc2F)[nH]c(C(C)(C)C)nc1=S. The summed E-state index contributed by atoms with van der Waals surface area (Å²) in [5.41, 5.74) is 1.02. The first-order valence-electron chi connectivity index (χ1n) is 6.27. The fraction of sp³-hybridized carbons (Fsp3) is 0.333. The molecule has 0 atom stereocenters. The van der Waals surface area contributed by atoms with Gasteiger partial charge in [-0.15, -0.1) is 0 Å². The quantitative estimate of drug-likeness (QED) is 0.773. The molecule has 0 radical (unpaired) electrons. The molecule has 0 amide bonds. The molecule has 2 aromatic rings. The van der Waals surface area contributed by atoms with E-state index in [0.717, 1.165) is 18.2 Å². The minimum absolute atomic E-state index is 0.168. The molecule has 1 heterocycles. The van der Waals surface area contributed by atoms with Gasteiger partial charge in [-0.05, 0) is 25.1 Å². The Kier molecular flexibility index (Phi) is 3.73. The number of hydrogen-bond donors (Lipinski definition) is 1. The van der Waals surface area contributed by atoms with Crippen LogP contribution in [0.3, 0.4) is 0 Å². The Morgan fingerprint density at radius 1 is 1.20 bits per heavy atom. The van der Waals surface area contributed by atoms with Crippen LogP contribution in [-0.2, 0) is 5.41 Å². The molecule has 106 valence electrons. The second-order valence-electron chi connectivity index (χ2n) is 5.76. The van der Waals surface area contributed by atoms with E-state index in [1.54, 1.807) is 6.92 Å². The predicted octanol–water partition coefficient (Wildman–Crippen LogP) is 4.69. The topological polar surface area (TPSA) is 28.7 Å². The Morgan fingerprint density at radius 3 is 2.45 bits per heavy atom. The van der Waals surface area contributed by atoms with Crippen LogP contribution in [-0.4, -0.2) is 9.97 Å². The molecule has 0 unspecified atom stereocenters. The first-order chi connectivity index (χ1) is 9.20. The summed E-state index contributed by atoms with van der Waals surface area (Å²) in [4.78, 5) is 7.42. The smallest absolute Gasteiger partial charge is 0.133 e. The van der Waals surface area contributed by atoms with E-state index in [1.807, 2.05) is 20.8 Å². The molecule has 0 aliphatic carbocycles. The van der Waals surface area contributed by atoms with Crippen molar-refractivity contribution in [2.24, 2.45) is 0 Å². The molecule has 0 spiro atoms. The van der Waals surface area contributed by atoms with Gasteiger partial charge in [0, 0.05) is 16.5 Å². The average molecular weight is 294 g/mol. The summed E-state index contributed by atoms with van der Waals surface area (Å²) in [6.45, 7) is 7.67. The third-order valence-electron chi connectivity index (χ3n) is 3.06. The van der Waals surface area contributed by atoms with Crippen molar-refractivity contribution in [3.63, 3.8) is 0 Å². The summed E-state index contributed by atoms with van der Waals surface area (Å²) in [6.07, 6.45) is 0. The highest BCUT2D eigenvalue weighted by Gasteiger charge is 2.20. The molecule has 2 nitrogen and oxygen atoms in total. The number of aromatic amines is 1. The number of nitrogens with zero attached hydrogens (tertiary/aromatic N) is 1. The molecule has 0 fully saturated rings. The molecule has 2 rings (SSSR count). The van der Waals surface area contributed by atoms with Gasteiger partial charge in [-0.3, -0.25) is 0 Å². The van der Waals surface area contributed by atoms with E-state index in [9.17, 15) is 8.78 Å². The number of aromatic nitrogens is 2. The first kappa shape index (κ1) is 14.8. The maximum absolute atomic E-state index is 14.0. The highest BCUT2D eigenvalue weighted by molar-refractivity contribution is 7.71. The van der Waals surface area contributed by atoms with Gasteiger partial charge in [0.1, 0.15) is 22.1 Å². The number of halogens is 2. The van der Waals surface area contributed by atoms with Crippen LogP contribution in [0.4, 0.5) is 8.78 Å². The van der Waals surface area contributed by atoms with Crippen LogP contribution in [0.2, 0.25) is 0 Å². The minimum atomic E-state index is -0.494. The van der Waals surface area contributed by atoms with Gasteiger partial charge >= 0.3 is 0 Å². The van der Waals surface area contributed by atoms with Crippen LogP contribution in [0.1, 0.15) is 32.2 Å². The molecule has 1 N–H and O–H groups in total.